The predicted octanol–water partition coefficient (Wildman–Crippen LogP) is 2.72. The number of aromatic nitrogens is 3. The molecule has 0 aliphatic carbocycles. The van der Waals surface area contributed by atoms with E-state index in [-0.39, 0.29) is 80.9 Å². The molecule has 0 radical (unpaired) electrons. The molecular weight excluding hydrogens is 701 g/mol. The molecule has 15 nitrogen and oxygen atoms in total. The molecule has 1 unspecified atom stereocenters. The van der Waals surface area contributed by atoms with Gasteiger partial charge >= 0.3 is 0 Å². The molecule has 1 fully saturated rings. The second kappa shape index (κ2) is 22.1. The molecule has 0 saturated carbocycles. The van der Waals surface area contributed by atoms with Gasteiger partial charge in [0.15, 0.2) is 5.82 Å². The first-order chi connectivity index (χ1) is 25.7. The molecule has 0 bridgehead atoms. The number of imidazole rings is 1. The number of fused-ring (bicyclic) bond motifs is 3. The van der Waals surface area contributed by atoms with Gasteiger partial charge in [0.25, 0.3) is 0 Å². The average Bonchev–Trinajstić information content (AvgIpc) is 3.65. The van der Waals surface area contributed by atoms with Crippen LogP contribution < -0.4 is 21.7 Å². The summed E-state index contributed by atoms with van der Waals surface area (Å²) in [4.78, 5) is 71.7. The number of aryl methyl sites for hydroxylation is 2. The zero-order valence-corrected chi connectivity index (χ0v) is 31.8. The van der Waals surface area contributed by atoms with Gasteiger partial charge in [-0.25, -0.2) is 9.97 Å². The molecule has 4 rings (SSSR count). The van der Waals surface area contributed by atoms with Crippen molar-refractivity contribution in [2.45, 2.75) is 83.4 Å². The lowest BCUT2D eigenvalue weighted by Crippen LogP contribution is -2.36. The summed E-state index contributed by atoms with van der Waals surface area (Å²) in [7, 11) is 0. The number of nitrogens with zero attached hydrogens (tertiary/aromatic N) is 4. The van der Waals surface area contributed by atoms with Crippen LogP contribution in [0.3, 0.4) is 0 Å². The molecule has 0 spiro atoms. The van der Waals surface area contributed by atoms with Crippen LogP contribution in [0.25, 0.3) is 21.9 Å². The third-order valence-electron chi connectivity index (χ3n) is 8.74. The fourth-order valence-corrected chi connectivity index (χ4v) is 6.93. The van der Waals surface area contributed by atoms with Crippen LogP contribution in [-0.4, -0.2) is 113 Å². The molecule has 5 N–H and O–H groups in total. The van der Waals surface area contributed by atoms with E-state index in [1.165, 1.54) is 0 Å². The highest BCUT2D eigenvalue weighted by atomic mass is 32.2. The van der Waals surface area contributed by atoms with Crippen molar-refractivity contribution in [3.05, 3.63) is 30.1 Å². The van der Waals surface area contributed by atoms with Gasteiger partial charge in [-0.15, -0.1) is 11.8 Å². The van der Waals surface area contributed by atoms with E-state index in [4.69, 9.17) is 20.2 Å². The highest BCUT2D eigenvalue weighted by Gasteiger charge is 2.39. The van der Waals surface area contributed by atoms with Crippen molar-refractivity contribution >= 4 is 69.1 Å². The van der Waals surface area contributed by atoms with Crippen LogP contribution in [0.15, 0.2) is 24.3 Å². The minimum Gasteiger partial charge on any atom is -0.382 e. The van der Waals surface area contributed by atoms with Crippen molar-refractivity contribution in [3.8, 4) is 0 Å². The number of ether oxygens (including phenoxy) is 2. The zero-order valence-electron chi connectivity index (χ0n) is 31.0. The van der Waals surface area contributed by atoms with E-state index in [1.54, 1.807) is 0 Å². The number of benzene rings is 1. The summed E-state index contributed by atoms with van der Waals surface area (Å²) in [5.41, 5.74) is 8.93. The summed E-state index contributed by atoms with van der Waals surface area (Å²) < 4.78 is 13.3. The number of thioether (sulfide) groups is 1. The molecule has 1 aliphatic heterocycles. The number of nitrogens with one attached hydrogen (secondary N) is 3. The SMILES string of the molecule is CCCCc1nc2c(N)nc3ccccc3c2n1CCCCNC(=O)CCOCCOCCNC(=O)CCN1C(=O)CC(SCC(=O)NCCC)C1=O. The Balaban J connectivity index is 1.02. The lowest BCUT2D eigenvalue weighted by Gasteiger charge is -2.14. The van der Waals surface area contributed by atoms with Crippen molar-refractivity contribution < 1.29 is 33.4 Å². The Bertz CT molecular complexity index is 1700. The quantitative estimate of drug-likeness (QED) is 0.0733. The number of para-hydroxylation sites is 1. The van der Waals surface area contributed by atoms with E-state index in [9.17, 15) is 24.0 Å². The van der Waals surface area contributed by atoms with Gasteiger partial charge in [0.2, 0.25) is 29.5 Å². The highest BCUT2D eigenvalue weighted by Crippen LogP contribution is 2.30. The Hall–Kier alpha value is -4.28. The summed E-state index contributed by atoms with van der Waals surface area (Å²) in [6.45, 7) is 7.46. The molecule has 1 aromatic carbocycles. The van der Waals surface area contributed by atoms with E-state index >= 15 is 0 Å². The maximum absolute atomic E-state index is 12.6. The summed E-state index contributed by atoms with van der Waals surface area (Å²) >= 11 is 1.15. The Kier molecular flexibility index (Phi) is 17.3. The number of pyridine rings is 1. The van der Waals surface area contributed by atoms with Gasteiger partial charge in [0.1, 0.15) is 11.3 Å². The van der Waals surface area contributed by atoms with E-state index in [1.807, 2.05) is 25.1 Å². The number of rotatable bonds is 25. The molecule has 16 heteroatoms. The zero-order chi connectivity index (χ0) is 38.0. The average molecular weight is 755 g/mol. The number of anilines is 1. The number of carbonyl (C=O) groups excluding carboxylic acids is 5. The largest absolute Gasteiger partial charge is 0.382 e. The normalized spacial score (nSPS) is 14.4. The number of hydrogen-bond donors (Lipinski definition) is 4. The molecule has 1 aliphatic rings. The Morgan fingerprint density at radius 2 is 1.58 bits per heavy atom. The molecule has 3 heterocycles. The van der Waals surface area contributed by atoms with Gasteiger partial charge in [0.05, 0.1) is 48.5 Å². The summed E-state index contributed by atoms with van der Waals surface area (Å²) in [5.74, 6) is 0.347. The van der Waals surface area contributed by atoms with Crippen molar-refractivity contribution in [1.29, 1.82) is 0 Å². The topological polar surface area (TPSA) is 200 Å². The van der Waals surface area contributed by atoms with Gasteiger partial charge in [-0.1, -0.05) is 38.5 Å². The van der Waals surface area contributed by atoms with Crippen molar-refractivity contribution in [2.75, 3.05) is 64.1 Å². The monoisotopic (exact) mass is 754 g/mol. The van der Waals surface area contributed by atoms with Crippen LogP contribution in [0.5, 0.6) is 0 Å². The smallest absolute Gasteiger partial charge is 0.242 e. The third-order valence-corrected chi connectivity index (χ3v) is 9.94. The van der Waals surface area contributed by atoms with E-state index in [0.29, 0.717) is 32.1 Å². The van der Waals surface area contributed by atoms with Crippen molar-refractivity contribution in [2.24, 2.45) is 0 Å². The summed E-state index contributed by atoms with van der Waals surface area (Å²) in [6.07, 6.45) is 5.76. The third kappa shape index (κ3) is 12.7. The molecule has 53 heavy (non-hydrogen) atoms. The molecule has 1 saturated heterocycles. The summed E-state index contributed by atoms with van der Waals surface area (Å²) in [5, 5.41) is 8.86. The number of carbonyl (C=O) groups is 5. The van der Waals surface area contributed by atoms with Crippen molar-refractivity contribution in [3.63, 3.8) is 0 Å². The molecular formula is C37H54N8O7S. The van der Waals surface area contributed by atoms with Crippen LogP contribution in [0.2, 0.25) is 0 Å². The van der Waals surface area contributed by atoms with E-state index in [0.717, 1.165) is 89.5 Å². The second-order valence-corrected chi connectivity index (χ2v) is 14.1. The first-order valence-corrected chi connectivity index (χ1v) is 19.7. The minimum absolute atomic E-state index is 0.000569. The van der Waals surface area contributed by atoms with Gasteiger partial charge in [-0.05, 0) is 31.7 Å². The minimum atomic E-state index is -0.598. The second-order valence-electron chi connectivity index (χ2n) is 12.9. The lowest BCUT2D eigenvalue weighted by atomic mass is 10.2. The number of nitrogens with two attached hydrogens (primary N) is 1. The number of likely N-dealkylation sites (tertiary alicyclic amines) is 1. The number of unbranched alkanes of at least 4 members (excludes halogenated alkanes) is 2. The van der Waals surface area contributed by atoms with Crippen LogP contribution >= 0.6 is 11.8 Å². The maximum atomic E-state index is 12.6. The van der Waals surface area contributed by atoms with Crippen LogP contribution in [0.4, 0.5) is 5.82 Å². The lowest BCUT2D eigenvalue weighted by molar-refractivity contribution is -0.138. The molecule has 290 valence electrons. The van der Waals surface area contributed by atoms with Crippen LogP contribution in [0, 0.1) is 0 Å². The van der Waals surface area contributed by atoms with Gasteiger partial charge < -0.3 is 35.7 Å². The molecule has 5 amide bonds. The van der Waals surface area contributed by atoms with Gasteiger partial charge in [-0.2, -0.15) is 0 Å². The molecule has 1 atom stereocenters. The van der Waals surface area contributed by atoms with E-state index in [2.05, 4.69) is 38.5 Å². The Labute approximate surface area is 314 Å². The molecule has 2 aromatic heterocycles. The summed E-state index contributed by atoms with van der Waals surface area (Å²) in [6, 6.07) is 7.99. The molecule has 3 aromatic rings. The Morgan fingerprint density at radius 1 is 0.849 bits per heavy atom. The fourth-order valence-electron chi connectivity index (χ4n) is 5.94. The first kappa shape index (κ1) is 41.5. The fraction of sp³-hybridized carbons (Fsp3) is 0.595. The predicted molar refractivity (Wildman–Crippen MR) is 205 cm³/mol. The van der Waals surface area contributed by atoms with Crippen LogP contribution in [0.1, 0.15) is 71.0 Å². The number of imide groups is 1. The van der Waals surface area contributed by atoms with Crippen LogP contribution in [-0.2, 0) is 46.4 Å². The number of amides is 5. The Morgan fingerprint density at radius 3 is 2.38 bits per heavy atom. The first-order valence-electron chi connectivity index (χ1n) is 18.7. The number of hydrogen-bond acceptors (Lipinski definition) is 11. The highest BCUT2D eigenvalue weighted by molar-refractivity contribution is 8.01. The number of nitrogen functional groups attached to an aromatic ring is 1. The van der Waals surface area contributed by atoms with Gasteiger partial charge in [-0.3, -0.25) is 28.9 Å². The van der Waals surface area contributed by atoms with E-state index < -0.39 is 5.25 Å². The van der Waals surface area contributed by atoms with Crippen molar-refractivity contribution in [1.82, 2.24) is 35.4 Å². The standard InChI is InChI=1S/C37H54N8O7S/c1-3-5-12-29-43-34-35(26-10-6-7-11-27(26)42-36(34)38)44(29)18-9-8-16-40-31(47)14-20-51-22-23-52-21-17-41-30(46)13-19-45-33(49)24-28(37(45)50)53-25-32(48)39-15-4-2/h6-7,10-11,28H,3-5,8-9,12-25H2,1-2H3,(H2,38,42)(H,39,48)(H,40,47)(H,41,46). The maximum Gasteiger partial charge on any atom is 0.242 e. The van der Waals surface area contributed by atoms with Gasteiger partial charge in [0, 0.05) is 63.8 Å².